The number of carbonyl (C=O) groups excluding carboxylic acids is 2. The Kier molecular flexibility index (Phi) is 6.81. The molecule has 0 fully saturated rings. The number of aromatic nitrogens is 3. The number of aryl methyl sites for hydroxylation is 2. The van der Waals surface area contributed by atoms with Crippen LogP contribution in [0.3, 0.4) is 0 Å². The van der Waals surface area contributed by atoms with Crippen molar-refractivity contribution in [2.75, 3.05) is 4.90 Å². The third-order valence-electron chi connectivity index (χ3n) is 6.20. The van der Waals surface area contributed by atoms with Gasteiger partial charge in [-0.3, -0.25) is 14.5 Å². The molecule has 0 saturated carbocycles. The lowest BCUT2D eigenvalue weighted by atomic mass is 10.0. The summed E-state index contributed by atoms with van der Waals surface area (Å²) < 4.78 is 6.95. The van der Waals surface area contributed by atoms with Crippen molar-refractivity contribution in [2.24, 2.45) is 0 Å². The number of para-hydroxylation sites is 1. The SMILES string of the molecule is Cc1ccc([C@H](C(=O)NCc2ccco2)N(C(=O)Cn2nnc3ccccc32)c2ccc(C)cc2)cc1. The van der Waals surface area contributed by atoms with Crippen LogP contribution in [0.15, 0.2) is 95.6 Å². The van der Waals surface area contributed by atoms with Crippen LogP contribution in [-0.2, 0) is 22.7 Å². The van der Waals surface area contributed by atoms with E-state index >= 15 is 0 Å². The van der Waals surface area contributed by atoms with Gasteiger partial charge >= 0.3 is 0 Å². The topological polar surface area (TPSA) is 93.3 Å². The van der Waals surface area contributed by atoms with E-state index in [9.17, 15) is 9.59 Å². The van der Waals surface area contributed by atoms with Crippen molar-refractivity contribution in [3.63, 3.8) is 0 Å². The Bertz CT molecular complexity index is 1510. The van der Waals surface area contributed by atoms with Crippen LogP contribution in [0.5, 0.6) is 0 Å². The third kappa shape index (κ3) is 5.28. The zero-order chi connectivity index (χ0) is 25.8. The molecule has 0 bridgehead atoms. The number of rotatable bonds is 8. The van der Waals surface area contributed by atoms with Crippen LogP contribution < -0.4 is 10.2 Å². The number of hydrogen-bond acceptors (Lipinski definition) is 5. The third-order valence-corrected chi connectivity index (χ3v) is 6.20. The number of nitrogens with one attached hydrogen (secondary N) is 1. The molecule has 2 amide bonds. The monoisotopic (exact) mass is 493 g/mol. The highest BCUT2D eigenvalue weighted by Gasteiger charge is 2.33. The Morgan fingerprint density at radius 1 is 0.919 bits per heavy atom. The van der Waals surface area contributed by atoms with E-state index in [0.717, 1.165) is 16.6 Å². The summed E-state index contributed by atoms with van der Waals surface area (Å²) in [6.45, 7) is 4.08. The summed E-state index contributed by atoms with van der Waals surface area (Å²) >= 11 is 0. The maximum absolute atomic E-state index is 14.0. The minimum Gasteiger partial charge on any atom is -0.467 e. The van der Waals surface area contributed by atoms with Crippen molar-refractivity contribution in [3.05, 3.63) is 114 Å². The van der Waals surface area contributed by atoms with Gasteiger partial charge < -0.3 is 9.73 Å². The van der Waals surface area contributed by atoms with Gasteiger partial charge in [-0.1, -0.05) is 64.9 Å². The Morgan fingerprint density at radius 2 is 1.62 bits per heavy atom. The molecule has 2 aromatic heterocycles. The zero-order valence-corrected chi connectivity index (χ0v) is 20.7. The number of anilines is 1. The standard InChI is InChI=1S/C29H27N5O3/c1-20-9-13-22(14-10-20)28(29(36)30-18-24-6-5-17-37-24)34(23-15-11-21(2)12-16-23)27(35)19-33-26-8-4-3-7-25(26)31-32-33/h3-17,28H,18-19H2,1-2H3,(H,30,36)/t28-/m1/s1. The zero-order valence-electron chi connectivity index (χ0n) is 20.7. The number of furan rings is 1. The Balaban J connectivity index is 1.55. The maximum Gasteiger partial charge on any atom is 0.249 e. The molecule has 0 radical (unpaired) electrons. The number of amides is 2. The first kappa shape index (κ1) is 24.0. The van der Waals surface area contributed by atoms with Crippen LogP contribution in [0.4, 0.5) is 5.69 Å². The second-order valence-electron chi connectivity index (χ2n) is 8.95. The highest BCUT2D eigenvalue weighted by molar-refractivity contribution is 6.01. The van der Waals surface area contributed by atoms with E-state index in [1.807, 2.05) is 86.6 Å². The van der Waals surface area contributed by atoms with Crippen molar-refractivity contribution >= 4 is 28.5 Å². The van der Waals surface area contributed by atoms with Gasteiger partial charge in [-0.25, -0.2) is 4.68 Å². The molecule has 0 saturated heterocycles. The summed E-state index contributed by atoms with van der Waals surface area (Å²) in [6, 6.07) is 25.3. The molecule has 0 aliphatic rings. The first-order chi connectivity index (χ1) is 18.0. The van der Waals surface area contributed by atoms with Crippen LogP contribution >= 0.6 is 0 Å². The van der Waals surface area contributed by atoms with Crippen LogP contribution in [0, 0.1) is 13.8 Å². The molecular weight excluding hydrogens is 466 g/mol. The Hall–Kier alpha value is -4.72. The summed E-state index contributed by atoms with van der Waals surface area (Å²) in [4.78, 5) is 29.3. The molecule has 3 aromatic carbocycles. The van der Waals surface area contributed by atoms with E-state index < -0.39 is 6.04 Å². The van der Waals surface area contributed by atoms with Gasteiger partial charge in [0.1, 0.15) is 23.9 Å². The molecule has 8 nitrogen and oxygen atoms in total. The fourth-order valence-electron chi connectivity index (χ4n) is 4.23. The number of nitrogens with zero attached hydrogens (tertiary/aromatic N) is 4. The molecule has 0 aliphatic heterocycles. The second-order valence-corrected chi connectivity index (χ2v) is 8.95. The summed E-state index contributed by atoms with van der Waals surface area (Å²) in [6.07, 6.45) is 1.56. The second kappa shape index (κ2) is 10.5. The van der Waals surface area contributed by atoms with Crippen LogP contribution in [0.25, 0.3) is 11.0 Å². The van der Waals surface area contributed by atoms with E-state index in [1.54, 1.807) is 23.1 Å². The lowest BCUT2D eigenvalue weighted by molar-refractivity contribution is -0.127. The lowest BCUT2D eigenvalue weighted by Crippen LogP contribution is -2.45. The molecule has 1 N–H and O–H groups in total. The van der Waals surface area contributed by atoms with Crippen LogP contribution in [0.2, 0.25) is 0 Å². The number of carbonyl (C=O) groups is 2. The molecular formula is C29H27N5O3. The molecule has 0 aliphatic carbocycles. The normalized spacial score (nSPS) is 11.8. The van der Waals surface area contributed by atoms with E-state index in [4.69, 9.17) is 4.42 Å². The molecule has 8 heteroatoms. The van der Waals surface area contributed by atoms with Crippen molar-refractivity contribution in [2.45, 2.75) is 33.0 Å². The van der Waals surface area contributed by atoms with E-state index in [2.05, 4.69) is 15.6 Å². The van der Waals surface area contributed by atoms with Crippen molar-refractivity contribution < 1.29 is 14.0 Å². The van der Waals surface area contributed by atoms with Crippen molar-refractivity contribution in [1.82, 2.24) is 20.3 Å². The fourth-order valence-corrected chi connectivity index (χ4v) is 4.23. The summed E-state index contributed by atoms with van der Waals surface area (Å²) in [5, 5.41) is 11.3. The number of benzene rings is 3. The van der Waals surface area contributed by atoms with Crippen molar-refractivity contribution in [1.29, 1.82) is 0 Å². The first-order valence-corrected chi connectivity index (χ1v) is 12.0. The van der Waals surface area contributed by atoms with Gasteiger partial charge in [0.25, 0.3) is 0 Å². The van der Waals surface area contributed by atoms with E-state index in [0.29, 0.717) is 22.5 Å². The molecule has 5 rings (SSSR count). The number of fused-ring (bicyclic) bond motifs is 1. The molecule has 1 atom stereocenters. The predicted molar refractivity (Wildman–Crippen MR) is 141 cm³/mol. The molecule has 0 spiro atoms. The smallest absolute Gasteiger partial charge is 0.249 e. The lowest BCUT2D eigenvalue weighted by Gasteiger charge is -2.31. The summed E-state index contributed by atoms with van der Waals surface area (Å²) in [5.74, 6) is 0.00848. The van der Waals surface area contributed by atoms with Crippen LogP contribution in [0.1, 0.15) is 28.5 Å². The summed E-state index contributed by atoms with van der Waals surface area (Å²) in [5.41, 5.74) is 4.85. The van der Waals surface area contributed by atoms with E-state index in [-0.39, 0.29) is 24.9 Å². The molecule has 37 heavy (non-hydrogen) atoms. The van der Waals surface area contributed by atoms with Gasteiger partial charge in [0.15, 0.2) is 0 Å². The highest BCUT2D eigenvalue weighted by atomic mass is 16.3. The molecule has 186 valence electrons. The van der Waals surface area contributed by atoms with Gasteiger partial charge in [-0.15, -0.1) is 5.10 Å². The van der Waals surface area contributed by atoms with Gasteiger partial charge in [0.2, 0.25) is 11.8 Å². The largest absolute Gasteiger partial charge is 0.467 e. The van der Waals surface area contributed by atoms with Gasteiger partial charge in [-0.05, 0) is 55.8 Å². The average molecular weight is 494 g/mol. The average Bonchev–Trinajstić information content (AvgIpc) is 3.58. The minimum atomic E-state index is -0.916. The van der Waals surface area contributed by atoms with Gasteiger partial charge in [-0.2, -0.15) is 0 Å². The summed E-state index contributed by atoms with van der Waals surface area (Å²) in [7, 11) is 0. The fraction of sp³-hybridized carbons (Fsp3) is 0.172. The predicted octanol–water partition coefficient (Wildman–Crippen LogP) is 4.73. The molecule has 2 heterocycles. The highest BCUT2D eigenvalue weighted by Crippen LogP contribution is 2.29. The quantitative estimate of drug-likeness (QED) is 0.337. The Labute approximate surface area is 214 Å². The van der Waals surface area contributed by atoms with Gasteiger partial charge in [0.05, 0.1) is 18.3 Å². The van der Waals surface area contributed by atoms with Crippen molar-refractivity contribution in [3.8, 4) is 0 Å². The molecule has 0 unspecified atom stereocenters. The number of hydrogen-bond donors (Lipinski definition) is 1. The van der Waals surface area contributed by atoms with Crippen LogP contribution in [-0.4, -0.2) is 26.8 Å². The van der Waals surface area contributed by atoms with E-state index in [1.165, 1.54) is 4.90 Å². The molecule has 5 aromatic rings. The minimum absolute atomic E-state index is 0.0811. The maximum atomic E-state index is 14.0. The van der Waals surface area contributed by atoms with Gasteiger partial charge in [0, 0.05) is 5.69 Å². The first-order valence-electron chi connectivity index (χ1n) is 12.0. The Morgan fingerprint density at radius 3 is 2.32 bits per heavy atom.